The average Bonchev–Trinajstić information content (AvgIpc) is 2.88. The molecule has 2 aromatic rings. The molecule has 0 radical (unpaired) electrons. The fourth-order valence-corrected chi connectivity index (χ4v) is 1.98. The van der Waals surface area contributed by atoms with Crippen molar-refractivity contribution in [1.29, 1.82) is 0 Å². The van der Waals surface area contributed by atoms with E-state index in [0.717, 1.165) is 35.8 Å². The van der Waals surface area contributed by atoms with Gasteiger partial charge in [0.25, 0.3) is 5.88 Å². The normalized spacial score (nSPS) is 10.9. The third-order valence-corrected chi connectivity index (χ3v) is 2.83. The zero-order valence-corrected chi connectivity index (χ0v) is 11.1. The maximum absolute atomic E-state index is 5.64. The van der Waals surface area contributed by atoms with Gasteiger partial charge in [-0.15, -0.1) is 4.37 Å². The summed E-state index contributed by atoms with van der Waals surface area (Å²) in [6.45, 7) is 2.73. The molecule has 94 valence electrons. The van der Waals surface area contributed by atoms with Crippen LogP contribution in [0.5, 0.6) is 5.88 Å². The van der Waals surface area contributed by atoms with E-state index in [0.29, 0.717) is 12.5 Å². The van der Waals surface area contributed by atoms with Crippen molar-refractivity contribution in [2.75, 3.05) is 6.61 Å². The van der Waals surface area contributed by atoms with Crippen LogP contribution in [0.1, 0.15) is 19.8 Å². The molecule has 0 aliphatic heterocycles. The lowest BCUT2D eigenvalue weighted by Crippen LogP contribution is -1.97. The summed E-state index contributed by atoms with van der Waals surface area (Å²) < 4.78 is 14.1. The summed E-state index contributed by atoms with van der Waals surface area (Å²) in [5.74, 6) is 0.595. The fraction of sp³-hybridized carbons (Fsp3) is 0.308. The van der Waals surface area contributed by atoms with Gasteiger partial charge in [0.05, 0.1) is 18.3 Å². The molecule has 0 bridgehead atoms. The van der Waals surface area contributed by atoms with Gasteiger partial charge in [0.2, 0.25) is 0 Å². The lowest BCUT2D eigenvalue weighted by atomic mass is 10.2. The topological polar surface area (TPSA) is 47.9 Å². The Morgan fingerprint density at radius 1 is 1.33 bits per heavy atom. The number of nitrogens with zero attached hydrogens (tertiary/aromatic N) is 3. The molecule has 0 atom stereocenters. The second-order valence-electron chi connectivity index (χ2n) is 3.68. The Labute approximate surface area is 111 Å². The number of hydrogen-bond acceptors (Lipinski definition) is 5. The zero-order chi connectivity index (χ0) is 12.6. The van der Waals surface area contributed by atoms with Crippen LogP contribution in [0.15, 0.2) is 36.7 Å². The summed E-state index contributed by atoms with van der Waals surface area (Å²) in [7, 11) is 0. The molecule has 2 rings (SSSR count). The predicted octanol–water partition coefficient (Wildman–Crippen LogP) is 3.34. The average molecular weight is 261 g/mol. The first-order valence-corrected chi connectivity index (χ1v) is 6.65. The molecule has 0 saturated heterocycles. The Hall–Kier alpha value is -1.75. The monoisotopic (exact) mass is 261 g/mol. The molecule has 0 fully saturated rings. The van der Waals surface area contributed by atoms with Crippen molar-refractivity contribution in [1.82, 2.24) is 13.7 Å². The third kappa shape index (κ3) is 3.37. The molecule has 0 aliphatic carbocycles. The first-order valence-electron chi connectivity index (χ1n) is 5.92. The quantitative estimate of drug-likeness (QED) is 0.591. The second kappa shape index (κ2) is 6.86. The Bertz CT molecular complexity index is 496. The molecular weight excluding hydrogens is 246 g/mol. The van der Waals surface area contributed by atoms with E-state index in [2.05, 4.69) is 32.8 Å². The van der Waals surface area contributed by atoms with Gasteiger partial charge in [0, 0.05) is 18.0 Å². The molecule has 0 aliphatic rings. The SMILES string of the molecule is CC/C=C/CCOc1nsnc1-c1cccnc1. The standard InChI is InChI=1S/C13H15N3OS/c1-2-3-4-5-9-17-13-12(15-18-16-13)11-7-6-8-14-10-11/h3-4,6-8,10H,2,5,9H2,1H3/b4-3+. The predicted molar refractivity (Wildman–Crippen MR) is 72.7 cm³/mol. The van der Waals surface area contributed by atoms with Gasteiger partial charge in [-0.3, -0.25) is 4.98 Å². The van der Waals surface area contributed by atoms with Crippen LogP contribution in [0.4, 0.5) is 0 Å². The first kappa shape index (κ1) is 12.7. The van der Waals surface area contributed by atoms with Crippen LogP contribution in [0, 0.1) is 0 Å². The second-order valence-corrected chi connectivity index (χ2v) is 4.20. The molecule has 2 heterocycles. The summed E-state index contributed by atoms with van der Waals surface area (Å²) in [5, 5.41) is 0. The Balaban J connectivity index is 1.98. The van der Waals surface area contributed by atoms with Crippen LogP contribution in [0.2, 0.25) is 0 Å². The van der Waals surface area contributed by atoms with Gasteiger partial charge in [0.15, 0.2) is 0 Å². The minimum absolute atomic E-state index is 0.595. The Kier molecular flexibility index (Phi) is 4.84. The number of rotatable bonds is 6. The van der Waals surface area contributed by atoms with E-state index in [1.165, 1.54) is 0 Å². The molecule has 4 nitrogen and oxygen atoms in total. The van der Waals surface area contributed by atoms with E-state index in [-0.39, 0.29) is 0 Å². The van der Waals surface area contributed by atoms with Gasteiger partial charge in [-0.1, -0.05) is 19.1 Å². The molecule has 18 heavy (non-hydrogen) atoms. The van der Waals surface area contributed by atoms with Crippen LogP contribution >= 0.6 is 11.7 Å². The molecular formula is C13H15N3OS. The van der Waals surface area contributed by atoms with E-state index < -0.39 is 0 Å². The summed E-state index contributed by atoms with van der Waals surface area (Å²) >= 11 is 1.16. The van der Waals surface area contributed by atoms with Crippen molar-refractivity contribution in [3.8, 4) is 17.1 Å². The minimum atomic E-state index is 0.595. The fourth-order valence-electron chi connectivity index (χ4n) is 1.46. The van der Waals surface area contributed by atoms with Gasteiger partial charge in [-0.05, 0) is 25.0 Å². The molecule has 0 unspecified atom stereocenters. The van der Waals surface area contributed by atoms with Gasteiger partial charge in [0.1, 0.15) is 5.69 Å². The van der Waals surface area contributed by atoms with Crippen LogP contribution in [-0.2, 0) is 0 Å². The van der Waals surface area contributed by atoms with Crippen molar-refractivity contribution in [2.45, 2.75) is 19.8 Å². The van der Waals surface area contributed by atoms with Crippen molar-refractivity contribution in [3.63, 3.8) is 0 Å². The number of pyridine rings is 1. The summed E-state index contributed by atoms with van der Waals surface area (Å²) in [6.07, 6.45) is 9.69. The van der Waals surface area contributed by atoms with E-state index in [4.69, 9.17) is 4.74 Å². The van der Waals surface area contributed by atoms with E-state index in [9.17, 15) is 0 Å². The zero-order valence-electron chi connectivity index (χ0n) is 10.2. The third-order valence-electron chi connectivity index (χ3n) is 2.32. The molecule has 0 amide bonds. The molecule has 5 heteroatoms. The maximum atomic E-state index is 5.64. The number of hydrogen-bond donors (Lipinski definition) is 0. The highest BCUT2D eigenvalue weighted by Gasteiger charge is 2.11. The minimum Gasteiger partial charge on any atom is -0.475 e. The Morgan fingerprint density at radius 2 is 2.28 bits per heavy atom. The van der Waals surface area contributed by atoms with Crippen molar-refractivity contribution >= 4 is 11.7 Å². The molecule has 0 aromatic carbocycles. The van der Waals surface area contributed by atoms with Gasteiger partial charge in [-0.25, -0.2) is 0 Å². The van der Waals surface area contributed by atoms with Gasteiger partial charge in [-0.2, -0.15) is 4.37 Å². The van der Waals surface area contributed by atoms with Crippen LogP contribution in [-0.4, -0.2) is 20.3 Å². The van der Waals surface area contributed by atoms with Gasteiger partial charge >= 0.3 is 0 Å². The number of aromatic nitrogens is 3. The van der Waals surface area contributed by atoms with Crippen LogP contribution in [0.25, 0.3) is 11.3 Å². The lowest BCUT2D eigenvalue weighted by molar-refractivity contribution is 0.316. The van der Waals surface area contributed by atoms with Crippen LogP contribution in [0.3, 0.4) is 0 Å². The van der Waals surface area contributed by atoms with Crippen molar-refractivity contribution in [2.24, 2.45) is 0 Å². The van der Waals surface area contributed by atoms with E-state index in [1.54, 1.807) is 12.4 Å². The largest absolute Gasteiger partial charge is 0.475 e. The van der Waals surface area contributed by atoms with E-state index in [1.807, 2.05) is 12.1 Å². The molecule has 0 spiro atoms. The van der Waals surface area contributed by atoms with Crippen molar-refractivity contribution < 1.29 is 4.74 Å². The van der Waals surface area contributed by atoms with E-state index >= 15 is 0 Å². The highest BCUT2D eigenvalue weighted by atomic mass is 32.1. The summed E-state index contributed by atoms with van der Waals surface area (Å²) in [5.41, 5.74) is 1.71. The maximum Gasteiger partial charge on any atom is 0.254 e. The summed E-state index contributed by atoms with van der Waals surface area (Å²) in [4.78, 5) is 4.07. The Morgan fingerprint density at radius 3 is 3.06 bits per heavy atom. The molecule has 0 saturated carbocycles. The smallest absolute Gasteiger partial charge is 0.254 e. The highest BCUT2D eigenvalue weighted by Crippen LogP contribution is 2.26. The summed E-state index contributed by atoms with van der Waals surface area (Å²) in [6, 6.07) is 3.83. The van der Waals surface area contributed by atoms with Crippen molar-refractivity contribution in [3.05, 3.63) is 36.7 Å². The van der Waals surface area contributed by atoms with Gasteiger partial charge < -0.3 is 4.74 Å². The molecule has 2 aromatic heterocycles. The first-order chi connectivity index (χ1) is 8.92. The number of allylic oxidation sites excluding steroid dienone is 1. The number of ether oxygens (including phenoxy) is 1. The van der Waals surface area contributed by atoms with Crippen LogP contribution < -0.4 is 4.74 Å². The lowest BCUT2D eigenvalue weighted by Gasteiger charge is -2.02. The molecule has 0 N–H and O–H groups in total. The highest BCUT2D eigenvalue weighted by molar-refractivity contribution is 6.99.